The van der Waals surface area contributed by atoms with E-state index in [1.165, 1.54) is 11.8 Å². The Bertz CT molecular complexity index is 883. The Kier molecular flexibility index (Phi) is 4.88. The molecule has 132 valence electrons. The molecular formula is C19H18N4O2S. The Morgan fingerprint density at radius 2 is 1.73 bits per heavy atom. The highest BCUT2D eigenvalue weighted by atomic mass is 32.2. The van der Waals surface area contributed by atoms with Crippen molar-refractivity contribution in [2.45, 2.75) is 18.3 Å². The molecule has 6 nitrogen and oxygen atoms in total. The highest BCUT2D eigenvalue weighted by Gasteiger charge is 2.26. The van der Waals surface area contributed by atoms with Crippen molar-refractivity contribution >= 4 is 29.4 Å². The molecule has 0 aliphatic carbocycles. The third kappa shape index (κ3) is 3.57. The molecule has 0 spiro atoms. The molecular weight excluding hydrogens is 348 g/mol. The molecule has 0 saturated carbocycles. The van der Waals surface area contributed by atoms with Gasteiger partial charge in [-0.3, -0.25) is 9.36 Å². The largest absolute Gasteiger partial charge is 0.460 e. The van der Waals surface area contributed by atoms with Crippen LogP contribution in [-0.2, 0) is 22.7 Å². The number of anilines is 2. The van der Waals surface area contributed by atoms with Crippen molar-refractivity contribution in [3.05, 3.63) is 66.2 Å². The number of benzene rings is 2. The highest BCUT2D eigenvalue weighted by molar-refractivity contribution is 7.99. The third-order valence-electron chi connectivity index (χ3n) is 4.12. The molecule has 0 N–H and O–H groups in total. The van der Waals surface area contributed by atoms with E-state index in [1.807, 2.05) is 53.1 Å². The summed E-state index contributed by atoms with van der Waals surface area (Å²) in [5.74, 6) is 0.779. The maximum atomic E-state index is 12.0. The molecule has 3 aromatic rings. The van der Waals surface area contributed by atoms with Crippen LogP contribution in [0.2, 0.25) is 0 Å². The van der Waals surface area contributed by atoms with Gasteiger partial charge in [0.1, 0.15) is 6.61 Å². The van der Waals surface area contributed by atoms with E-state index in [0.717, 1.165) is 35.4 Å². The molecule has 7 heteroatoms. The first-order chi connectivity index (χ1) is 12.8. The SMILES string of the molecule is O=C(CSc1nnc2n1CCN2c1ccccc1)OCc1ccccc1. The summed E-state index contributed by atoms with van der Waals surface area (Å²) in [4.78, 5) is 14.1. The van der Waals surface area contributed by atoms with Gasteiger partial charge in [0.15, 0.2) is 5.16 Å². The van der Waals surface area contributed by atoms with E-state index in [2.05, 4.69) is 27.2 Å². The number of ether oxygens (including phenoxy) is 1. The maximum Gasteiger partial charge on any atom is 0.316 e. The second kappa shape index (κ2) is 7.61. The van der Waals surface area contributed by atoms with Gasteiger partial charge in [0, 0.05) is 18.8 Å². The van der Waals surface area contributed by atoms with E-state index in [9.17, 15) is 4.79 Å². The van der Waals surface area contributed by atoms with Gasteiger partial charge in [0.25, 0.3) is 0 Å². The molecule has 0 bridgehead atoms. The summed E-state index contributed by atoms with van der Waals surface area (Å²) in [6.45, 7) is 1.94. The zero-order valence-electron chi connectivity index (χ0n) is 14.1. The first-order valence-electron chi connectivity index (χ1n) is 8.39. The van der Waals surface area contributed by atoms with Crippen molar-refractivity contribution in [2.24, 2.45) is 0 Å². The fourth-order valence-corrected chi connectivity index (χ4v) is 3.60. The average molecular weight is 366 g/mol. The Hall–Kier alpha value is -2.80. The van der Waals surface area contributed by atoms with Crippen molar-refractivity contribution < 1.29 is 9.53 Å². The van der Waals surface area contributed by atoms with Crippen LogP contribution in [0, 0.1) is 0 Å². The second-order valence-electron chi connectivity index (χ2n) is 5.86. The number of hydrogen-bond donors (Lipinski definition) is 0. The summed E-state index contributed by atoms with van der Waals surface area (Å²) < 4.78 is 7.35. The number of carbonyl (C=O) groups is 1. The highest BCUT2D eigenvalue weighted by Crippen LogP contribution is 2.31. The monoisotopic (exact) mass is 366 g/mol. The van der Waals surface area contributed by atoms with Crippen LogP contribution in [0.3, 0.4) is 0 Å². The van der Waals surface area contributed by atoms with Crippen LogP contribution >= 0.6 is 11.8 Å². The van der Waals surface area contributed by atoms with Crippen LogP contribution in [0.4, 0.5) is 11.6 Å². The van der Waals surface area contributed by atoms with E-state index >= 15 is 0 Å². The van der Waals surface area contributed by atoms with E-state index < -0.39 is 0 Å². The van der Waals surface area contributed by atoms with Crippen molar-refractivity contribution in [1.29, 1.82) is 0 Å². The zero-order chi connectivity index (χ0) is 17.8. The minimum absolute atomic E-state index is 0.219. The topological polar surface area (TPSA) is 60.2 Å². The summed E-state index contributed by atoms with van der Waals surface area (Å²) >= 11 is 1.36. The predicted octanol–water partition coefficient (Wildman–Crippen LogP) is 3.27. The van der Waals surface area contributed by atoms with Crippen LogP contribution in [0.15, 0.2) is 65.8 Å². The van der Waals surface area contributed by atoms with Crippen LogP contribution in [0.5, 0.6) is 0 Å². The minimum Gasteiger partial charge on any atom is -0.460 e. The average Bonchev–Trinajstić information content (AvgIpc) is 3.28. The summed E-state index contributed by atoms with van der Waals surface area (Å²) in [5.41, 5.74) is 2.07. The van der Waals surface area contributed by atoms with Crippen LogP contribution < -0.4 is 4.90 Å². The molecule has 4 rings (SSSR count). The van der Waals surface area contributed by atoms with Gasteiger partial charge in [-0.1, -0.05) is 60.3 Å². The molecule has 1 aromatic heterocycles. The van der Waals surface area contributed by atoms with E-state index in [1.54, 1.807) is 0 Å². The van der Waals surface area contributed by atoms with Gasteiger partial charge >= 0.3 is 5.97 Å². The summed E-state index contributed by atoms with van der Waals surface area (Å²) in [7, 11) is 0. The molecule has 0 atom stereocenters. The van der Waals surface area contributed by atoms with Gasteiger partial charge in [0.2, 0.25) is 5.95 Å². The second-order valence-corrected chi connectivity index (χ2v) is 6.80. The van der Waals surface area contributed by atoms with Gasteiger partial charge in [-0.2, -0.15) is 0 Å². The van der Waals surface area contributed by atoms with Gasteiger partial charge in [-0.25, -0.2) is 0 Å². The lowest BCUT2D eigenvalue weighted by Gasteiger charge is -2.14. The van der Waals surface area contributed by atoms with E-state index in [4.69, 9.17) is 4.74 Å². The predicted molar refractivity (Wildman–Crippen MR) is 100 cm³/mol. The molecule has 1 aliphatic rings. The Morgan fingerprint density at radius 3 is 2.50 bits per heavy atom. The molecule has 0 radical (unpaired) electrons. The number of aromatic nitrogens is 3. The zero-order valence-corrected chi connectivity index (χ0v) is 14.9. The van der Waals surface area contributed by atoms with Crippen molar-refractivity contribution in [1.82, 2.24) is 14.8 Å². The number of para-hydroxylation sites is 1. The lowest BCUT2D eigenvalue weighted by molar-refractivity contribution is -0.141. The van der Waals surface area contributed by atoms with Crippen LogP contribution in [0.25, 0.3) is 0 Å². The maximum absolute atomic E-state index is 12.0. The van der Waals surface area contributed by atoms with Crippen molar-refractivity contribution in [2.75, 3.05) is 17.2 Å². The lowest BCUT2D eigenvalue weighted by Crippen LogP contribution is -2.14. The third-order valence-corrected chi connectivity index (χ3v) is 5.06. The molecule has 0 unspecified atom stereocenters. The number of carbonyl (C=O) groups excluding carboxylic acids is 1. The quantitative estimate of drug-likeness (QED) is 0.493. The fourth-order valence-electron chi connectivity index (χ4n) is 2.84. The number of hydrogen-bond acceptors (Lipinski definition) is 6. The molecule has 0 saturated heterocycles. The summed E-state index contributed by atoms with van der Waals surface area (Å²) in [6.07, 6.45) is 0. The number of fused-ring (bicyclic) bond motifs is 1. The van der Waals surface area contributed by atoms with E-state index in [0.29, 0.717) is 6.61 Å². The van der Waals surface area contributed by atoms with Gasteiger partial charge < -0.3 is 9.64 Å². The lowest BCUT2D eigenvalue weighted by atomic mass is 10.2. The first-order valence-corrected chi connectivity index (χ1v) is 9.38. The molecule has 1 aliphatic heterocycles. The number of thioether (sulfide) groups is 1. The van der Waals surface area contributed by atoms with Crippen LogP contribution in [-0.4, -0.2) is 33.0 Å². The van der Waals surface area contributed by atoms with Gasteiger partial charge in [-0.15, -0.1) is 10.2 Å². The number of rotatable bonds is 6. The number of esters is 1. The van der Waals surface area contributed by atoms with Gasteiger partial charge in [0.05, 0.1) is 5.75 Å². The molecule has 2 heterocycles. The molecule has 0 amide bonds. The van der Waals surface area contributed by atoms with Gasteiger partial charge in [-0.05, 0) is 17.7 Å². The minimum atomic E-state index is -0.255. The standard InChI is InChI=1S/C19H18N4O2S/c24-17(25-13-15-7-3-1-4-8-15)14-26-19-21-20-18-22(11-12-23(18)19)16-9-5-2-6-10-16/h1-10H,11-14H2. The smallest absolute Gasteiger partial charge is 0.316 e. The van der Waals surface area contributed by atoms with Crippen molar-refractivity contribution in [3.63, 3.8) is 0 Å². The normalized spacial score (nSPS) is 12.8. The molecule has 26 heavy (non-hydrogen) atoms. The Labute approximate surface area is 155 Å². The summed E-state index contributed by atoms with van der Waals surface area (Å²) in [6, 6.07) is 19.8. The summed E-state index contributed by atoms with van der Waals surface area (Å²) in [5, 5.41) is 9.27. The molecule has 2 aromatic carbocycles. The molecule has 0 fully saturated rings. The first kappa shape index (κ1) is 16.7. The van der Waals surface area contributed by atoms with E-state index in [-0.39, 0.29) is 11.7 Å². The number of nitrogens with zero attached hydrogens (tertiary/aromatic N) is 4. The Morgan fingerprint density at radius 1 is 1.00 bits per heavy atom. The fraction of sp³-hybridized carbons (Fsp3) is 0.211. The van der Waals surface area contributed by atoms with Crippen LogP contribution in [0.1, 0.15) is 5.56 Å². The Balaban J connectivity index is 1.35. The van der Waals surface area contributed by atoms with Crippen molar-refractivity contribution in [3.8, 4) is 0 Å².